The molecule has 0 spiro atoms. The molecule has 0 saturated carbocycles. The molecule has 22 heavy (non-hydrogen) atoms. The molecule has 1 atom stereocenters. The highest BCUT2D eigenvalue weighted by Gasteiger charge is 2.26. The molecule has 0 aliphatic carbocycles. The number of benzene rings is 3. The van der Waals surface area contributed by atoms with Gasteiger partial charge in [-0.05, 0) is 16.8 Å². The molecule has 3 aromatic carbocycles. The Bertz CT molecular complexity index is 867. The van der Waals surface area contributed by atoms with Crippen molar-refractivity contribution in [2.75, 3.05) is 0 Å². The van der Waals surface area contributed by atoms with Crippen LogP contribution in [0.25, 0.3) is 10.8 Å². The lowest BCUT2D eigenvalue weighted by Crippen LogP contribution is -2.02. The molecule has 4 rings (SSSR count). The van der Waals surface area contributed by atoms with Crippen LogP contribution in [-0.4, -0.2) is 5.71 Å². The number of oxime groups is 1. The molecule has 0 aromatic heterocycles. The fraction of sp³-hybridized carbons (Fsp3) is 0.105. The molecule has 0 N–H and O–H groups in total. The van der Waals surface area contributed by atoms with Crippen LogP contribution < -0.4 is 0 Å². The van der Waals surface area contributed by atoms with E-state index in [9.17, 15) is 0 Å². The quantitative estimate of drug-likeness (QED) is 0.624. The number of fused-ring (bicyclic) bond motifs is 1. The molecular weight excluding hydrogens is 294 g/mol. The zero-order valence-corrected chi connectivity index (χ0v) is 12.6. The molecule has 1 aliphatic rings. The summed E-state index contributed by atoms with van der Waals surface area (Å²) in [7, 11) is 0. The van der Waals surface area contributed by atoms with Gasteiger partial charge in [0.2, 0.25) is 0 Å². The number of rotatable bonds is 2. The molecule has 3 heteroatoms. The van der Waals surface area contributed by atoms with Crippen LogP contribution in [0, 0.1) is 0 Å². The van der Waals surface area contributed by atoms with Crippen LogP contribution in [0.5, 0.6) is 0 Å². The van der Waals surface area contributed by atoms with Crippen molar-refractivity contribution in [3.63, 3.8) is 0 Å². The van der Waals surface area contributed by atoms with Gasteiger partial charge in [-0.1, -0.05) is 77.4 Å². The van der Waals surface area contributed by atoms with E-state index in [4.69, 9.17) is 16.4 Å². The van der Waals surface area contributed by atoms with E-state index in [0.29, 0.717) is 0 Å². The Kier molecular flexibility index (Phi) is 3.32. The third kappa shape index (κ3) is 2.26. The monoisotopic (exact) mass is 307 g/mol. The van der Waals surface area contributed by atoms with Crippen molar-refractivity contribution in [3.05, 3.63) is 82.9 Å². The lowest BCUT2D eigenvalue weighted by atomic mass is 9.96. The largest absolute Gasteiger partial charge is 0.387 e. The first-order chi connectivity index (χ1) is 10.8. The van der Waals surface area contributed by atoms with Crippen molar-refractivity contribution in [2.24, 2.45) is 5.16 Å². The average molecular weight is 308 g/mol. The van der Waals surface area contributed by atoms with Crippen LogP contribution in [0.3, 0.4) is 0 Å². The second kappa shape index (κ2) is 5.47. The SMILES string of the molecule is Clc1ccccc1C1CC(c2cccc3ccccc23)=NO1. The minimum absolute atomic E-state index is 0.109. The second-order valence-corrected chi connectivity index (χ2v) is 5.79. The first kappa shape index (κ1) is 13.4. The van der Waals surface area contributed by atoms with Gasteiger partial charge in [-0.2, -0.15) is 0 Å². The van der Waals surface area contributed by atoms with E-state index in [0.717, 1.165) is 28.3 Å². The number of hydrogen-bond donors (Lipinski definition) is 0. The number of halogens is 1. The summed E-state index contributed by atoms with van der Waals surface area (Å²) in [4.78, 5) is 5.64. The third-order valence-electron chi connectivity index (χ3n) is 4.02. The molecule has 0 amide bonds. The topological polar surface area (TPSA) is 21.6 Å². The summed E-state index contributed by atoms with van der Waals surface area (Å²) < 4.78 is 0. The molecule has 1 unspecified atom stereocenters. The lowest BCUT2D eigenvalue weighted by Gasteiger charge is -2.10. The molecule has 1 heterocycles. The summed E-state index contributed by atoms with van der Waals surface area (Å²) in [5.41, 5.74) is 3.09. The van der Waals surface area contributed by atoms with E-state index in [-0.39, 0.29) is 6.10 Å². The van der Waals surface area contributed by atoms with Gasteiger partial charge in [0.1, 0.15) is 0 Å². The van der Waals surface area contributed by atoms with Crippen LogP contribution in [0.4, 0.5) is 0 Å². The average Bonchev–Trinajstić information content (AvgIpc) is 3.04. The zero-order valence-electron chi connectivity index (χ0n) is 11.9. The van der Waals surface area contributed by atoms with Gasteiger partial charge in [-0.3, -0.25) is 0 Å². The summed E-state index contributed by atoms with van der Waals surface area (Å²) in [5, 5.41) is 7.45. The first-order valence-electron chi connectivity index (χ1n) is 7.28. The highest BCUT2D eigenvalue weighted by atomic mass is 35.5. The van der Waals surface area contributed by atoms with Gasteiger partial charge < -0.3 is 4.84 Å². The fourth-order valence-electron chi connectivity index (χ4n) is 2.92. The summed E-state index contributed by atoms with van der Waals surface area (Å²) in [6, 6.07) is 22.4. The van der Waals surface area contributed by atoms with E-state index >= 15 is 0 Å². The molecule has 0 saturated heterocycles. The first-order valence-corrected chi connectivity index (χ1v) is 7.66. The Morgan fingerprint density at radius 1 is 0.909 bits per heavy atom. The summed E-state index contributed by atoms with van der Waals surface area (Å²) in [6.07, 6.45) is 0.625. The van der Waals surface area contributed by atoms with Crippen LogP contribution in [0.1, 0.15) is 23.7 Å². The predicted octanol–water partition coefficient (Wildman–Crippen LogP) is 5.36. The minimum atomic E-state index is -0.109. The van der Waals surface area contributed by atoms with E-state index in [1.807, 2.05) is 36.4 Å². The molecule has 2 nitrogen and oxygen atoms in total. The van der Waals surface area contributed by atoms with Crippen molar-refractivity contribution < 1.29 is 4.84 Å². The van der Waals surface area contributed by atoms with Gasteiger partial charge in [0, 0.05) is 22.6 Å². The molecule has 3 aromatic rings. The van der Waals surface area contributed by atoms with Gasteiger partial charge in [0.05, 0.1) is 5.71 Å². The van der Waals surface area contributed by atoms with Gasteiger partial charge >= 0.3 is 0 Å². The van der Waals surface area contributed by atoms with Crippen LogP contribution >= 0.6 is 11.6 Å². The standard InChI is InChI=1S/C19H14ClNO/c20-17-11-4-3-9-16(17)19-12-18(21-22-19)15-10-5-7-13-6-1-2-8-14(13)15/h1-11,19H,12H2. The lowest BCUT2D eigenvalue weighted by molar-refractivity contribution is 0.0858. The van der Waals surface area contributed by atoms with Crippen molar-refractivity contribution >= 4 is 28.1 Å². The van der Waals surface area contributed by atoms with Crippen LogP contribution in [0.2, 0.25) is 5.02 Å². The summed E-state index contributed by atoms with van der Waals surface area (Å²) >= 11 is 6.26. The summed E-state index contributed by atoms with van der Waals surface area (Å²) in [5.74, 6) is 0. The van der Waals surface area contributed by atoms with Crippen molar-refractivity contribution in [1.82, 2.24) is 0 Å². The Morgan fingerprint density at radius 3 is 2.59 bits per heavy atom. The molecular formula is C19H14ClNO. The minimum Gasteiger partial charge on any atom is -0.387 e. The van der Waals surface area contributed by atoms with Gasteiger partial charge in [-0.25, -0.2) is 0 Å². The highest BCUT2D eigenvalue weighted by molar-refractivity contribution is 6.31. The fourth-order valence-corrected chi connectivity index (χ4v) is 3.17. The van der Waals surface area contributed by atoms with Gasteiger partial charge in [0.15, 0.2) is 6.10 Å². The van der Waals surface area contributed by atoms with Gasteiger partial charge in [0.25, 0.3) is 0 Å². The number of hydrogen-bond acceptors (Lipinski definition) is 2. The zero-order chi connectivity index (χ0) is 14.9. The Labute approximate surface area is 134 Å². The highest BCUT2D eigenvalue weighted by Crippen LogP contribution is 2.34. The van der Waals surface area contributed by atoms with Crippen molar-refractivity contribution in [2.45, 2.75) is 12.5 Å². The van der Waals surface area contributed by atoms with E-state index in [1.54, 1.807) is 0 Å². The smallest absolute Gasteiger partial charge is 0.159 e. The van der Waals surface area contributed by atoms with E-state index < -0.39 is 0 Å². The molecule has 0 radical (unpaired) electrons. The van der Waals surface area contributed by atoms with Crippen molar-refractivity contribution in [1.29, 1.82) is 0 Å². The third-order valence-corrected chi connectivity index (χ3v) is 4.37. The molecule has 1 aliphatic heterocycles. The normalized spacial score (nSPS) is 17.3. The Morgan fingerprint density at radius 2 is 1.68 bits per heavy atom. The molecule has 0 fully saturated rings. The number of nitrogens with zero attached hydrogens (tertiary/aromatic N) is 1. The van der Waals surface area contributed by atoms with Gasteiger partial charge in [-0.15, -0.1) is 0 Å². The van der Waals surface area contributed by atoms with E-state index in [1.165, 1.54) is 10.8 Å². The second-order valence-electron chi connectivity index (χ2n) is 5.38. The Hall–Kier alpha value is -2.32. The Balaban J connectivity index is 1.69. The maximum Gasteiger partial charge on any atom is 0.159 e. The van der Waals surface area contributed by atoms with E-state index in [2.05, 4.69) is 35.5 Å². The summed E-state index contributed by atoms with van der Waals surface area (Å²) in [6.45, 7) is 0. The molecule has 0 bridgehead atoms. The maximum atomic E-state index is 6.26. The van der Waals surface area contributed by atoms with Crippen molar-refractivity contribution in [3.8, 4) is 0 Å². The predicted molar refractivity (Wildman–Crippen MR) is 90.4 cm³/mol. The van der Waals surface area contributed by atoms with Crippen LogP contribution in [-0.2, 0) is 4.84 Å². The molecule has 108 valence electrons. The van der Waals surface area contributed by atoms with Crippen LogP contribution in [0.15, 0.2) is 71.9 Å². The maximum absolute atomic E-state index is 6.26.